The number of pyridine rings is 1. The van der Waals surface area contributed by atoms with Crippen molar-refractivity contribution >= 4 is 11.5 Å². The third-order valence-electron chi connectivity index (χ3n) is 6.97. The number of aromatic nitrogens is 6. The third-order valence-corrected chi connectivity index (χ3v) is 6.97. The average Bonchev–Trinajstić information content (AvgIpc) is 3.72. The molecule has 0 aliphatic carbocycles. The highest BCUT2D eigenvalue weighted by Crippen LogP contribution is 2.24. The monoisotopic (exact) mass is 508 g/mol. The predicted octanol–water partition coefficient (Wildman–Crippen LogP) is 4.67. The number of hydrogen-bond acceptors (Lipinski definition) is 7. The maximum atomic E-state index is 6.00. The minimum absolute atomic E-state index is 0.662. The molecule has 4 aromatic heterocycles. The van der Waals surface area contributed by atoms with Gasteiger partial charge in [0, 0.05) is 50.2 Å². The van der Waals surface area contributed by atoms with Gasteiger partial charge in [0.05, 0.1) is 30.4 Å². The van der Waals surface area contributed by atoms with Gasteiger partial charge in [-0.05, 0) is 49.5 Å². The zero-order chi connectivity index (χ0) is 25.7. The van der Waals surface area contributed by atoms with E-state index in [0.29, 0.717) is 13.2 Å². The summed E-state index contributed by atoms with van der Waals surface area (Å²) in [5.41, 5.74) is 5.97. The minimum atomic E-state index is 0.662. The van der Waals surface area contributed by atoms with Crippen LogP contribution in [0.15, 0.2) is 73.6 Å². The van der Waals surface area contributed by atoms with Gasteiger partial charge >= 0.3 is 0 Å². The first-order valence-electron chi connectivity index (χ1n) is 13.2. The number of nitrogens with zero attached hydrogens (tertiary/aromatic N) is 7. The lowest BCUT2D eigenvalue weighted by molar-refractivity contribution is 0.263. The lowest BCUT2D eigenvalue weighted by Gasteiger charge is -2.14. The summed E-state index contributed by atoms with van der Waals surface area (Å²) in [4.78, 5) is 16.0. The first kappa shape index (κ1) is 24.1. The number of aryl methyl sites for hydroxylation is 1. The third kappa shape index (κ3) is 5.52. The number of anilines is 1. The molecule has 1 saturated heterocycles. The number of benzene rings is 1. The number of ether oxygens (including phenoxy) is 1. The van der Waals surface area contributed by atoms with Crippen molar-refractivity contribution in [2.75, 3.05) is 31.6 Å². The van der Waals surface area contributed by atoms with Gasteiger partial charge < -0.3 is 15.0 Å². The summed E-state index contributed by atoms with van der Waals surface area (Å²) < 4.78 is 9.83. The van der Waals surface area contributed by atoms with Crippen molar-refractivity contribution < 1.29 is 4.74 Å². The Bertz CT molecular complexity index is 1500. The van der Waals surface area contributed by atoms with Crippen molar-refractivity contribution in [2.45, 2.75) is 25.8 Å². The molecule has 0 saturated carbocycles. The molecule has 194 valence electrons. The van der Waals surface area contributed by atoms with E-state index in [1.807, 2.05) is 59.1 Å². The number of imidazole rings is 1. The van der Waals surface area contributed by atoms with Crippen molar-refractivity contribution in [3.8, 4) is 28.3 Å². The fourth-order valence-corrected chi connectivity index (χ4v) is 4.90. The van der Waals surface area contributed by atoms with Gasteiger partial charge in [-0.2, -0.15) is 5.10 Å². The van der Waals surface area contributed by atoms with Crippen LogP contribution in [0.25, 0.3) is 28.2 Å². The molecular weight excluding hydrogens is 476 g/mol. The molecule has 1 aliphatic heterocycles. The number of nitrogens with one attached hydrogen (secondary N) is 1. The normalized spacial score (nSPS) is 13.8. The maximum absolute atomic E-state index is 6.00. The van der Waals surface area contributed by atoms with Gasteiger partial charge in [0.25, 0.3) is 0 Å². The zero-order valence-electron chi connectivity index (χ0n) is 21.6. The number of fused-ring (bicyclic) bond motifs is 1. The molecule has 5 heterocycles. The van der Waals surface area contributed by atoms with Gasteiger partial charge in [-0.25, -0.2) is 15.0 Å². The van der Waals surface area contributed by atoms with Crippen molar-refractivity contribution in [3.63, 3.8) is 0 Å². The van der Waals surface area contributed by atoms with E-state index in [9.17, 15) is 0 Å². The largest absolute Gasteiger partial charge is 0.493 e. The van der Waals surface area contributed by atoms with Crippen molar-refractivity contribution in [3.05, 3.63) is 79.1 Å². The number of likely N-dealkylation sites (tertiary alicyclic amines) is 1. The van der Waals surface area contributed by atoms with E-state index in [4.69, 9.17) is 4.74 Å². The van der Waals surface area contributed by atoms with Crippen LogP contribution < -0.4 is 10.1 Å². The summed E-state index contributed by atoms with van der Waals surface area (Å²) in [6.45, 7) is 4.94. The highest BCUT2D eigenvalue weighted by atomic mass is 16.5. The molecule has 5 aromatic rings. The summed E-state index contributed by atoms with van der Waals surface area (Å²) in [7, 11) is 1.92. The second-order valence-electron chi connectivity index (χ2n) is 9.73. The van der Waals surface area contributed by atoms with E-state index in [2.05, 4.69) is 54.5 Å². The van der Waals surface area contributed by atoms with Crippen LogP contribution in [-0.2, 0) is 13.6 Å². The highest BCUT2D eigenvalue weighted by Gasteiger charge is 2.12. The molecule has 0 unspecified atom stereocenters. The molecular formula is C29H32N8O. The highest BCUT2D eigenvalue weighted by molar-refractivity contribution is 5.64. The van der Waals surface area contributed by atoms with E-state index < -0.39 is 0 Å². The summed E-state index contributed by atoms with van der Waals surface area (Å²) >= 11 is 0. The van der Waals surface area contributed by atoms with E-state index in [1.165, 1.54) is 31.5 Å². The Morgan fingerprint density at radius 3 is 2.63 bits per heavy atom. The van der Waals surface area contributed by atoms with Crippen LogP contribution >= 0.6 is 0 Å². The molecule has 38 heavy (non-hydrogen) atoms. The fourth-order valence-electron chi connectivity index (χ4n) is 4.90. The molecule has 0 bridgehead atoms. The van der Waals surface area contributed by atoms with Gasteiger partial charge in [-0.3, -0.25) is 9.08 Å². The van der Waals surface area contributed by atoms with Crippen LogP contribution in [-0.4, -0.2) is 60.3 Å². The Morgan fingerprint density at radius 1 is 0.947 bits per heavy atom. The Hall–Kier alpha value is -4.24. The van der Waals surface area contributed by atoms with E-state index in [0.717, 1.165) is 52.7 Å². The number of hydrogen-bond donors (Lipinski definition) is 1. The molecule has 9 heteroatoms. The summed E-state index contributed by atoms with van der Waals surface area (Å²) in [5.74, 6) is 1.61. The zero-order valence-corrected chi connectivity index (χ0v) is 21.6. The molecule has 1 fully saturated rings. The second kappa shape index (κ2) is 11.0. The van der Waals surface area contributed by atoms with Crippen LogP contribution in [0.3, 0.4) is 0 Å². The minimum Gasteiger partial charge on any atom is -0.493 e. The van der Waals surface area contributed by atoms with Crippen LogP contribution in [0, 0.1) is 0 Å². The first-order chi connectivity index (χ1) is 18.7. The maximum Gasteiger partial charge on any atom is 0.140 e. The molecule has 0 atom stereocenters. The summed E-state index contributed by atoms with van der Waals surface area (Å²) in [6, 6.07) is 14.4. The Morgan fingerprint density at radius 2 is 1.82 bits per heavy atom. The predicted molar refractivity (Wildman–Crippen MR) is 148 cm³/mol. The van der Waals surface area contributed by atoms with Gasteiger partial charge in [0.2, 0.25) is 0 Å². The molecule has 6 rings (SSSR count). The number of rotatable bonds is 10. The van der Waals surface area contributed by atoms with Crippen LogP contribution in [0.5, 0.6) is 5.75 Å². The van der Waals surface area contributed by atoms with E-state index in [-0.39, 0.29) is 0 Å². The molecule has 9 nitrogen and oxygen atoms in total. The molecule has 1 aromatic carbocycles. The van der Waals surface area contributed by atoms with Gasteiger partial charge in [-0.15, -0.1) is 0 Å². The van der Waals surface area contributed by atoms with Crippen LogP contribution in [0.1, 0.15) is 24.8 Å². The Labute approximate surface area is 222 Å². The van der Waals surface area contributed by atoms with Crippen molar-refractivity contribution in [1.29, 1.82) is 0 Å². The molecule has 1 N–H and O–H groups in total. The first-order valence-corrected chi connectivity index (χ1v) is 13.2. The summed E-state index contributed by atoms with van der Waals surface area (Å²) in [5, 5.41) is 7.66. The summed E-state index contributed by atoms with van der Waals surface area (Å²) in [6.07, 6.45) is 13.0. The van der Waals surface area contributed by atoms with Gasteiger partial charge in [-0.1, -0.05) is 24.3 Å². The topological polar surface area (TPSA) is 85.4 Å². The average molecular weight is 509 g/mol. The van der Waals surface area contributed by atoms with Crippen LogP contribution in [0.4, 0.5) is 5.82 Å². The van der Waals surface area contributed by atoms with Gasteiger partial charge in [0.15, 0.2) is 0 Å². The van der Waals surface area contributed by atoms with Crippen molar-refractivity contribution in [2.24, 2.45) is 7.05 Å². The van der Waals surface area contributed by atoms with Gasteiger partial charge in [0.1, 0.15) is 23.5 Å². The van der Waals surface area contributed by atoms with Crippen LogP contribution in [0.2, 0.25) is 0 Å². The molecule has 0 spiro atoms. The standard InChI is InChI=1S/C29H32N8O/c1-35-20-24(18-34-35)23-7-5-22(6-8-23)17-30-28-16-26(32-21-33-28)27-19-31-29-15-25(9-13-37(27)29)38-14-4-12-36-10-2-3-11-36/h5-9,13,15-16,18-21H,2-4,10-12,14,17H2,1H3,(H,30,32,33). The Kier molecular flexibility index (Phi) is 6.99. The quantitative estimate of drug-likeness (QED) is 0.275. The molecule has 0 radical (unpaired) electrons. The molecule has 1 aliphatic rings. The molecule has 0 amide bonds. The van der Waals surface area contributed by atoms with E-state index >= 15 is 0 Å². The second-order valence-corrected chi connectivity index (χ2v) is 9.73. The SMILES string of the molecule is Cn1cc(-c2ccc(CNc3cc(-c4cnc5cc(OCCCN6CCCC6)ccn45)ncn3)cc2)cn1. The van der Waals surface area contributed by atoms with E-state index in [1.54, 1.807) is 6.33 Å². The lowest BCUT2D eigenvalue weighted by atomic mass is 10.1. The Balaban J connectivity index is 1.08. The fraction of sp³-hybridized carbons (Fsp3) is 0.310. The lowest BCUT2D eigenvalue weighted by Crippen LogP contribution is -2.21. The van der Waals surface area contributed by atoms with Crippen molar-refractivity contribution in [1.82, 2.24) is 34.0 Å². The smallest absolute Gasteiger partial charge is 0.140 e.